The average Bonchev–Trinajstić information content (AvgIpc) is 2.38. The quantitative estimate of drug-likeness (QED) is 0.604. The van der Waals surface area contributed by atoms with Crippen molar-refractivity contribution in [2.45, 2.75) is 12.5 Å². The van der Waals surface area contributed by atoms with Gasteiger partial charge in [0, 0.05) is 13.7 Å². The van der Waals surface area contributed by atoms with Crippen LogP contribution in [0.3, 0.4) is 0 Å². The van der Waals surface area contributed by atoms with Crippen LogP contribution in [0.4, 0.5) is 4.39 Å². The molecule has 0 amide bonds. The molecule has 0 bridgehead atoms. The minimum Gasteiger partial charge on any atom is -0.467 e. The summed E-state index contributed by atoms with van der Waals surface area (Å²) in [6.07, 6.45) is 1.06. The Morgan fingerprint density at radius 3 is 2.72 bits per heavy atom. The van der Waals surface area contributed by atoms with E-state index in [2.05, 4.69) is 10.3 Å². The molecular formula is C12H17FN2O3. The van der Waals surface area contributed by atoms with E-state index < -0.39 is 17.3 Å². The molecule has 1 N–H and O–H groups in total. The summed E-state index contributed by atoms with van der Waals surface area (Å²) in [4.78, 5) is 15.8. The number of halogens is 1. The fourth-order valence-corrected chi connectivity index (χ4v) is 1.55. The number of rotatable bonds is 6. The zero-order valence-corrected chi connectivity index (χ0v) is 10.7. The van der Waals surface area contributed by atoms with E-state index in [1.54, 1.807) is 14.0 Å². The SMILES string of the molecule is COCCNC(C)(C(=O)OC)c1ccc(F)cn1. The number of aromatic nitrogens is 1. The standard InChI is InChI=1S/C12H17FN2O3/c1-12(11(16)18-3,15-6-7-17-2)10-5-4-9(13)8-14-10/h4-5,8,15H,6-7H2,1-3H3. The molecule has 0 radical (unpaired) electrons. The number of carbonyl (C=O) groups excluding carboxylic acids is 1. The minimum absolute atomic E-state index is 0.395. The lowest BCUT2D eigenvalue weighted by Gasteiger charge is -2.27. The second kappa shape index (κ2) is 6.42. The molecule has 1 atom stereocenters. The van der Waals surface area contributed by atoms with Crippen molar-refractivity contribution in [3.8, 4) is 0 Å². The molecule has 18 heavy (non-hydrogen) atoms. The van der Waals surface area contributed by atoms with E-state index in [1.165, 1.54) is 19.2 Å². The van der Waals surface area contributed by atoms with E-state index in [4.69, 9.17) is 9.47 Å². The van der Waals surface area contributed by atoms with Gasteiger partial charge in [-0.2, -0.15) is 0 Å². The molecule has 0 aliphatic rings. The van der Waals surface area contributed by atoms with Crippen molar-refractivity contribution in [3.63, 3.8) is 0 Å². The molecule has 0 aliphatic heterocycles. The summed E-state index contributed by atoms with van der Waals surface area (Å²) in [6, 6.07) is 2.70. The highest BCUT2D eigenvalue weighted by atomic mass is 19.1. The van der Waals surface area contributed by atoms with Crippen LogP contribution < -0.4 is 5.32 Å². The van der Waals surface area contributed by atoms with Crippen LogP contribution >= 0.6 is 0 Å². The third-order valence-electron chi connectivity index (χ3n) is 2.62. The molecule has 1 unspecified atom stereocenters. The molecule has 6 heteroatoms. The summed E-state index contributed by atoms with van der Waals surface area (Å²) in [5, 5.41) is 3.00. The number of ether oxygens (including phenoxy) is 2. The molecular weight excluding hydrogens is 239 g/mol. The lowest BCUT2D eigenvalue weighted by atomic mass is 9.97. The molecule has 1 aromatic heterocycles. The van der Waals surface area contributed by atoms with Gasteiger partial charge in [-0.1, -0.05) is 0 Å². The van der Waals surface area contributed by atoms with Crippen molar-refractivity contribution >= 4 is 5.97 Å². The molecule has 0 saturated heterocycles. The molecule has 1 rings (SSSR count). The monoisotopic (exact) mass is 256 g/mol. The minimum atomic E-state index is -1.12. The Hall–Kier alpha value is -1.53. The normalized spacial score (nSPS) is 14.0. The van der Waals surface area contributed by atoms with Crippen molar-refractivity contribution < 1.29 is 18.7 Å². The predicted octanol–water partition coefficient (Wildman–Crippen LogP) is 0.845. The maximum absolute atomic E-state index is 12.8. The van der Waals surface area contributed by atoms with Gasteiger partial charge in [-0.3, -0.25) is 10.3 Å². The van der Waals surface area contributed by atoms with Crippen LogP contribution in [0.25, 0.3) is 0 Å². The third-order valence-corrected chi connectivity index (χ3v) is 2.62. The van der Waals surface area contributed by atoms with Gasteiger partial charge in [0.2, 0.25) is 0 Å². The lowest BCUT2D eigenvalue weighted by molar-refractivity contribution is -0.148. The maximum Gasteiger partial charge on any atom is 0.332 e. The van der Waals surface area contributed by atoms with Crippen LogP contribution in [0.15, 0.2) is 18.3 Å². The van der Waals surface area contributed by atoms with Crippen LogP contribution in [0, 0.1) is 5.82 Å². The number of pyridine rings is 1. The van der Waals surface area contributed by atoms with E-state index in [0.717, 1.165) is 6.20 Å². The van der Waals surface area contributed by atoms with Crippen molar-refractivity contribution in [1.29, 1.82) is 0 Å². The number of nitrogens with one attached hydrogen (secondary N) is 1. The Morgan fingerprint density at radius 1 is 1.50 bits per heavy atom. The lowest BCUT2D eigenvalue weighted by Crippen LogP contribution is -2.49. The third kappa shape index (κ3) is 3.24. The fourth-order valence-electron chi connectivity index (χ4n) is 1.55. The molecule has 0 spiro atoms. The van der Waals surface area contributed by atoms with Gasteiger partial charge >= 0.3 is 5.97 Å². The Balaban J connectivity index is 2.96. The summed E-state index contributed by atoms with van der Waals surface area (Å²) in [5.74, 6) is -0.944. The van der Waals surface area contributed by atoms with Gasteiger partial charge < -0.3 is 9.47 Å². The van der Waals surface area contributed by atoms with Gasteiger partial charge in [-0.15, -0.1) is 0 Å². The van der Waals surface area contributed by atoms with Crippen LogP contribution in [-0.4, -0.2) is 38.3 Å². The Morgan fingerprint density at radius 2 is 2.22 bits per heavy atom. The highest BCUT2D eigenvalue weighted by Gasteiger charge is 2.37. The van der Waals surface area contributed by atoms with Crippen molar-refractivity contribution in [3.05, 3.63) is 29.8 Å². The molecule has 1 heterocycles. The van der Waals surface area contributed by atoms with Gasteiger partial charge in [-0.25, -0.2) is 9.18 Å². The van der Waals surface area contributed by atoms with Crippen molar-refractivity contribution in [2.75, 3.05) is 27.4 Å². The molecule has 0 saturated carbocycles. The van der Waals surface area contributed by atoms with E-state index in [0.29, 0.717) is 18.8 Å². The average molecular weight is 256 g/mol. The topological polar surface area (TPSA) is 60.5 Å². The Labute approximate surface area is 105 Å². The van der Waals surface area contributed by atoms with E-state index in [1.807, 2.05) is 0 Å². The summed E-state index contributed by atoms with van der Waals surface area (Å²) in [7, 11) is 2.86. The first-order chi connectivity index (χ1) is 8.54. The van der Waals surface area contributed by atoms with Crippen LogP contribution in [0.5, 0.6) is 0 Å². The first-order valence-corrected chi connectivity index (χ1v) is 5.49. The number of carbonyl (C=O) groups is 1. The number of nitrogens with zero attached hydrogens (tertiary/aromatic N) is 1. The van der Waals surface area contributed by atoms with Crippen LogP contribution in [-0.2, 0) is 19.8 Å². The fraction of sp³-hybridized carbons (Fsp3) is 0.500. The Bertz CT molecular complexity index is 397. The van der Waals surface area contributed by atoms with Gasteiger partial charge in [0.15, 0.2) is 5.54 Å². The molecule has 0 aliphatic carbocycles. The largest absolute Gasteiger partial charge is 0.467 e. The first-order valence-electron chi connectivity index (χ1n) is 5.49. The summed E-state index contributed by atoms with van der Waals surface area (Å²) < 4.78 is 22.5. The second-order valence-corrected chi connectivity index (χ2v) is 3.90. The smallest absolute Gasteiger partial charge is 0.332 e. The first kappa shape index (κ1) is 14.5. The predicted molar refractivity (Wildman–Crippen MR) is 63.4 cm³/mol. The van der Waals surface area contributed by atoms with Gasteiger partial charge in [0.1, 0.15) is 5.82 Å². The Kier molecular flexibility index (Phi) is 5.18. The van der Waals surface area contributed by atoms with E-state index in [9.17, 15) is 9.18 Å². The van der Waals surface area contributed by atoms with Crippen molar-refractivity contribution in [2.24, 2.45) is 0 Å². The summed E-state index contributed by atoms with van der Waals surface area (Å²) >= 11 is 0. The van der Waals surface area contributed by atoms with Gasteiger partial charge in [-0.05, 0) is 19.1 Å². The van der Waals surface area contributed by atoms with E-state index >= 15 is 0 Å². The van der Waals surface area contributed by atoms with Gasteiger partial charge in [0.25, 0.3) is 0 Å². The zero-order chi connectivity index (χ0) is 13.6. The van der Waals surface area contributed by atoms with Crippen molar-refractivity contribution in [1.82, 2.24) is 10.3 Å². The van der Waals surface area contributed by atoms with Crippen LogP contribution in [0.2, 0.25) is 0 Å². The zero-order valence-electron chi connectivity index (χ0n) is 10.7. The second-order valence-electron chi connectivity index (χ2n) is 3.90. The van der Waals surface area contributed by atoms with Gasteiger partial charge in [0.05, 0.1) is 25.6 Å². The maximum atomic E-state index is 12.8. The number of hydrogen-bond acceptors (Lipinski definition) is 5. The van der Waals surface area contributed by atoms with Crippen LogP contribution in [0.1, 0.15) is 12.6 Å². The highest BCUT2D eigenvalue weighted by Crippen LogP contribution is 2.20. The summed E-state index contributed by atoms with van der Waals surface area (Å²) in [6.45, 7) is 2.52. The molecule has 100 valence electrons. The molecule has 0 aromatic carbocycles. The number of hydrogen-bond donors (Lipinski definition) is 1. The van der Waals surface area contributed by atoms with E-state index in [-0.39, 0.29) is 0 Å². The number of methoxy groups -OCH3 is 2. The molecule has 1 aromatic rings. The highest BCUT2D eigenvalue weighted by molar-refractivity contribution is 5.81. The molecule has 5 nitrogen and oxygen atoms in total. The molecule has 0 fully saturated rings. The summed E-state index contributed by atoms with van der Waals surface area (Å²) in [5.41, 5.74) is -0.729. The number of esters is 1.